The topological polar surface area (TPSA) is 96.5 Å². The van der Waals surface area contributed by atoms with E-state index in [2.05, 4.69) is 4.98 Å². The molecule has 0 spiro atoms. The molecule has 3 heterocycles. The summed E-state index contributed by atoms with van der Waals surface area (Å²) in [6, 6.07) is 12.8. The van der Waals surface area contributed by atoms with Crippen LogP contribution in [0.1, 0.15) is 40.1 Å². The summed E-state index contributed by atoms with van der Waals surface area (Å²) in [5.74, 6) is -2.13. The number of carbonyl (C=O) groups excluding carboxylic acids is 3. The largest absolute Gasteiger partial charge is 0.462 e. The molecule has 194 valence electrons. The Balaban J connectivity index is 1.25. The molecule has 2 aliphatic carbocycles. The number of thiazole rings is 1. The Morgan fingerprint density at radius 2 is 1.71 bits per heavy atom. The van der Waals surface area contributed by atoms with Gasteiger partial charge >= 0.3 is 10.8 Å². The highest BCUT2D eigenvalue weighted by atomic mass is 32.2. The number of fused-ring (bicyclic) bond motifs is 9. The molecule has 1 N–H and O–H groups in total. The third-order valence-electron chi connectivity index (χ3n) is 8.59. The van der Waals surface area contributed by atoms with Crippen LogP contribution in [0.15, 0.2) is 58.4 Å². The molecule has 0 radical (unpaired) electrons. The molecule has 2 aromatic carbocycles. The lowest BCUT2D eigenvalue weighted by molar-refractivity contribution is -0.123. The number of aromatic amines is 1. The maximum atomic E-state index is 13.8. The molecule has 1 aromatic heterocycles. The van der Waals surface area contributed by atoms with Crippen molar-refractivity contribution in [2.75, 3.05) is 11.5 Å². The fraction of sp³-hybridized carbons (Fsp3) is 0.357. The molecule has 7 atom stereocenters. The van der Waals surface area contributed by atoms with Crippen LogP contribution in [-0.2, 0) is 14.3 Å². The lowest BCUT2D eigenvalue weighted by Gasteiger charge is -2.43. The zero-order valence-electron chi connectivity index (χ0n) is 20.3. The molecule has 2 amide bonds. The number of ether oxygens (including phenoxy) is 1. The van der Waals surface area contributed by atoms with Gasteiger partial charge in [0.15, 0.2) is 0 Å². The van der Waals surface area contributed by atoms with Gasteiger partial charge in [-0.05, 0) is 73.1 Å². The number of hydrogen-bond acceptors (Lipinski definition) is 7. The molecule has 38 heavy (non-hydrogen) atoms. The van der Waals surface area contributed by atoms with Crippen molar-refractivity contribution in [2.24, 2.45) is 29.6 Å². The molecule has 3 aromatic rings. The molecule has 0 unspecified atom stereocenters. The van der Waals surface area contributed by atoms with E-state index in [0.29, 0.717) is 11.3 Å². The summed E-state index contributed by atoms with van der Waals surface area (Å²) in [7, 11) is 0. The Hall–Kier alpha value is -3.24. The maximum Gasteiger partial charge on any atom is 0.338 e. The molecule has 3 fully saturated rings. The van der Waals surface area contributed by atoms with Gasteiger partial charge in [-0.15, -0.1) is 11.8 Å². The van der Waals surface area contributed by atoms with Crippen LogP contribution >= 0.6 is 23.1 Å². The minimum Gasteiger partial charge on any atom is -0.462 e. The minimum absolute atomic E-state index is 0.000226. The van der Waals surface area contributed by atoms with E-state index in [0.717, 1.165) is 21.9 Å². The molecular formula is C28H23FN2O5S2. The molecule has 2 aliphatic heterocycles. The first-order chi connectivity index (χ1) is 18.4. The summed E-state index contributed by atoms with van der Waals surface area (Å²) >= 11 is 2.80. The van der Waals surface area contributed by atoms with E-state index < -0.39 is 17.8 Å². The second-order valence-electron chi connectivity index (χ2n) is 10.3. The van der Waals surface area contributed by atoms with Gasteiger partial charge in [0.1, 0.15) is 5.82 Å². The summed E-state index contributed by atoms with van der Waals surface area (Å²) in [5.41, 5.74) is 1.74. The number of rotatable bonds is 4. The second-order valence-corrected chi connectivity index (χ2v) is 12.5. The fourth-order valence-electron chi connectivity index (χ4n) is 7.28. The van der Waals surface area contributed by atoms with Crippen LogP contribution < -0.4 is 9.77 Å². The SMILES string of the molecule is CCOC(=O)c1ccc(N2C(=O)[C@H]3[C@H]4C[C@@H]([C@@H]3C2=O)[C@H]2[C@H](c3ccc(F)cc3)c3sc(=O)[nH]c3S[C@H]42)cc1. The summed E-state index contributed by atoms with van der Waals surface area (Å²) in [5, 5.41) is 0.889. The molecule has 1 saturated heterocycles. The first kappa shape index (κ1) is 23.8. The highest BCUT2D eigenvalue weighted by molar-refractivity contribution is 8.00. The van der Waals surface area contributed by atoms with Crippen LogP contribution in [0, 0.1) is 35.4 Å². The van der Waals surface area contributed by atoms with E-state index in [1.54, 1.807) is 55.1 Å². The second kappa shape index (κ2) is 8.64. The lowest BCUT2D eigenvalue weighted by Crippen LogP contribution is -2.42. The summed E-state index contributed by atoms with van der Waals surface area (Å²) in [4.78, 5) is 57.0. The van der Waals surface area contributed by atoms with Crippen molar-refractivity contribution in [2.45, 2.75) is 29.5 Å². The third-order valence-corrected chi connectivity index (χ3v) is 11.2. The number of anilines is 1. The monoisotopic (exact) mass is 550 g/mol. The van der Waals surface area contributed by atoms with Crippen molar-refractivity contribution in [3.63, 3.8) is 0 Å². The number of nitrogens with one attached hydrogen (secondary N) is 1. The van der Waals surface area contributed by atoms with Gasteiger partial charge in [-0.2, -0.15) is 0 Å². The van der Waals surface area contributed by atoms with Crippen LogP contribution in [-0.4, -0.2) is 34.6 Å². The van der Waals surface area contributed by atoms with Crippen molar-refractivity contribution in [1.82, 2.24) is 4.98 Å². The zero-order chi connectivity index (χ0) is 26.3. The number of esters is 1. The summed E-state index contributed by atoms with van der Waals surface area (Å²) in [6.45, 7) is 1.99. The molecule has 2 saturated carbocycles. The van der Waals surface area contributed by atoms with E-state index in [-0.39, 0.29) is 58.0 Å². The third kappa shape index (κ3) is 3.32. The Bertz CT molecular complexity index is 1530. The highest BCUT2D eigenvalue weighted by Crippen LogP contribution is 2.68. The molecule has 10 heteroatoms. The predicted octanol–water partition coefficient (Wildman–Crippen LogP) is 4.43. The number of nitrogens with zero attached hydrogens (tertiary/aromatic N) is 1. The van der Waals surface area contributed by atoms with Crippen molar-refractivity contribution < 1.29 is 23.5 Å². The Morgan fingerprint density at radius 3 is 2.39 bits per heavy atom. The average Bonchev–Trinajstić information content (AvgIpc) is 3.64. The van der Waals surface area contributed by atoms with Crippen molar-refractivity contribution >= 4 is 46.6 Å². The van der Waals surface area contributed by atoms with Crippen LogP contribution in [0.3, 0.4) is 0 Å². The number of amides is 2. The summed E-state index contributed by atoms with van der Waals surface area (Å²) < 4.78 is 18.8. The normalized spacial score (nSPS) is 30.8. The van der Waals surface area contributed by atoms with E-state index in [9.17, 15) is 23.6 Å². The van der Waals surface area contributed by atoms with Gasteiger partial charge in [-0.3, -0.25) is 19.3 Å². The fourth-order valence-corrected chi connectivity index (χ4v) is 10.2. The zero-order valence-corrected chi connectivity index (χ0v) is 21.9. The maximum absolute atomic E-state index is 13.8. The van der Waals surface area contributed by atoms with Gasteiger partial charge in [-0.1, -0.05) is 23.5 Å². The van der Waals surface area contributed by atoms with Crippen LogP contribution in [0.5, 0.6) is 0 Å². The summed E-state index contributed by atoms with van der Waals surface area (Å²) in [6.07, 6.45) is 0.779. The van der Waals surface area contributed by atoms with Gasteiger partial charge < -0.3 is 9.72 Å². The van der Waals surface area contributed by atoms with Gasteiger partial charge in [0.2, 0.25) is 11.8 Å². The van der Waals surface area contributed by atoms with E-state index in [1.807, 2.05) is 0 Å². The number of halogens is 1. The number of benzene rings is 2. The predicted molar refractivity (Wildman–Crippen MR) is 140 cm³/mol. The molecule has 2 bridgehead atoms. The van der Waals surface area contributed by atoms with Crippen molar-refractivity contribution in [1.29, 1.82) is 0 Å². The molecular weight excluding hydrogens is 527 g/mol. The number of H-pyrrole nitrogens is 1. The minimum atomic E-state index is -0.452. The number of imide groups is 1. The standard InChI is InChI=1S/C28H23FN2O5S2/c1-2-36-27(34)13-5-9-15(10-6-13)31-25(32)20-16-11-17(21(20)26(31)33)22-19(16)18(12-3-7-14(29)8-4-12)23-24(37-22)30-28(35)38-23/h3-10,16-22H,2,11H2,1H3,(H,30,35)/t16-,17-,18+,19+,20+,21+,22-/m1/s1. The lowest BCUT2D eigenvalue weighted by atomic mass is 9.68. The number of hydrogen-bond donors (Lipinski definition) is 1. The van der Waals surface area contributed by atoms with Crippen molar-refractivity contribution in [3.8, 4) is 0 Å². The first-order valence-corrected chi connectivity index (χ1v) is 14.4. The van der Waals surface area contributed by atoms with Crippen LogP contribution in [0.4, 0.5) is 10.1 Å². The smallest absolute Gasteiger partial charge is 0.338 e. The Kier molecular flexibility index (Phi) is 5.42. The Morgan fingerprint density at radius 1 is 1.03 bits per heavy atom. The van der Waals surface area contributed by atoms with E-state index >= 15 is 0 Å². The number of carbonyl (C=O) groups is 3. The van der Waals surface area contributed by atoms with Crippen LogP contribution in [0.25, 0.3) is 0 Å². The van der Waals surface area contributed by atoms with Gasteiger partial charge in [0, 0.05) is 16.0 Å². The Labute approximate surface area is 225 Å². The number of thioether (sulfide) groups is 1. The quantitative estimate of drug-likeness (QED) is 0.382. The van der Waals surface area contributed by atoms with E-state index in [4.69, 9.17) is 4.74 Å². The van der Waals surface area contributed by atoms with Crippen molar-refractivity contribution in [3.05, 3.63) is 80.0 Å². The van der Waals surface area contributed by atoms with Gasteiger partial charge in [0.05, 0.1) is 34.7 Å². The number of aromatic nitrogens is 1. The molecule has 4 aliphatic rings. The van der Waals surface area contributed by atoms with E-state index in [1.165, 1.54) is 28.4 Å². The molecule has 7 nitrogen and oxygen atoms in total. The average molecular weight is 551 g/mol. The molecule has 7 rings (SSSR count). The first-order valence-electron chi connectivity index (χ1n) is 12.7. The highest BCUT2D eigenvalue weighted by Gasteiger charge is 2.69. The van der Waals surface area contributed by atoms with Gasteiger partial charge in [0.25, 0.3) is 0 Å². The van der Waals surface area contributed by atoms with Crippen LogP contribution in [0.2, 0.25) is 0 Å². The van der Waals surface area contributed by atoms with Gasteiger partial charge in [-0.25, -0.2) is 9.18 Å².